The molecule has 0 bridgehead atoms. The molecule has 1 aromatic carbocycles. The van der Waals surface area contributed by atoms with Crippen LogP contribution in [0.15, 0.2) is 18.2 Å². The largest absolute Gasteiger partial charge is 0.492 e. The first kappa shape index (κ1) is 12.8. The third kappa shape index (κ3) is 2.65. The Labute approximate surface area is 100 Å². The van der Waals surface area contributed by atoms with Crippen LogP contribution in [0.25, 0.3) is 0 Å². The molecule has 2 N–H and O–H groups in total. The van der Waals surface area contributed by atoms with Gasteiger partial charge in [-0.05, 0) is 19.1 Å². The molecular formula is C11H14ClNO3. The van der Waals surface area contributed by atoms with Crippen LogP contribution in [0, 0.1) is 0 Å². The fraction of sp³-hybridized carbons (Fsp3) is 0.364. The van der Waals surface area contributed by atoms with Crippen molar-refractivity contribution in [3.63, 3.8) is 0 Å². The van der Waals surface area contributed by atoms with E-state index in [0.29, 0.717) is 12.4 Å². The Morgan fingerprint density at radius 2 is 2.31 bits per heavy atom. The summed E-state index contributed by atoms with van der Waals surface area (Å²) in [5.41, 5.74) is 1.27. The number of benzene rings is 1. The number of nitrogens with one attached hydrogen (secondary N) is 1. The lowest BCUT2D eigenvalue weighted by Crippen LogP contribution is -2.28. The SMILES string of the molecule is CC1COc2cc(C(=O)O)ccc2CN1.Cl. The maximum atomic E-state index is 10.8. The summed E-state index contributed by atoms with van der Waals surface area (Å²) in [5.74, 6) is -0.251. The molecule has 4 nitrogen and oxygen atoms in total. The van der Waals surface area contributed by atoms with Crippen molar-refractivity contribution in [1.29, 1.82) is 0 Å². The molecule has 5 heteroatoms. The second kappa shape index (κ2) is 5.18. The lowest BCUT2D eigenvalue weighted by atomic mass is 10.1. The zero-order valence-corrected chi connectivity index (χ0v) is 9.71. The molecule has 0 saturated carbocycles. The van der Waals surface area contributed by atoms with Gasteiger partial charge in [-0.1, -0.05) is 6.07 Å². The Hall–Kier alpha value is -1.26. The average Bonchev–Trinajstić information content (AvgIpc) is 2.40. The van der Waals surface area contributed by atoms with Gasteiger partial charge in [0.05, 0.1) is 5.56 Å². The van der Waals surface area contributed by atoms with Gasteiger partial charge in [0.15, 0.2) is 0 Å². The minimum atomic E-state index is -0.924. The van der Waals surface area contributed by atoms with Crippen LogP contribution in [0.4, 0.5) is 0 Å². The topological polar surface area (TPSA) is 58.6 Å². The number of carbonyl (C=O) groups is 1. The van der Waals surface area contributed by atoms with E-state index in [1.54, 1.807) is 18.2 Å². The molecule has 88 valence electrons. The van der Waals surface area contributed by atoms with Crippen molar-refractivity contribution < 1.29 is 14.6 Å². The van der Waals surface area contributed by atoms with Crippen LogP contribution < -0.4 is 10.1 Å². The van der Waals surface area contributed by atoms with Crippen molar-refractivity contribution in [2.24, 2.45) is 0 Å². The van der Waals surface area contributed by atoms with E-state index in [4.69, 9.17) is 9.84 Å². The molecular weight excluding hydrogens is 230 g/mol. The highest BCUT2D eigenvalue weighted by Gasteiger charge is 2.14. The van der Waals surface area contributed by atoms with Crippen LogP contribution in [0.1, 0.15) is 22.8 Å². The minimum Gasteiger partial charge on any atom is -0.492 e. The van der Waals surface area contributed by atoms with Crippen LogP contribution in [0.5, 0.6) is 5.75 Å². The molecule has 0 fully saturated rings. The number of carboxylic acids is 1. The van der Waals surface area contributed by atoms with E-state index in [-0.39, 0.29) is 24.0 Å². The summed E-state index contributed by atoms with van der Waals surface area (Å²) in [6.07, 6.45) is 0. The highest BCUT2D eigenvalue weighted by atomic mass is 35.5. The van der Waals surface area contributed by atoms with Gasteiger partial charge in [0.1, 0.15) is 12.4 Å². The molecule has 0 amide bonds. The Morgan fingerprint density at radius 3 is 3.00 bits per heavy atom. The molecule has 0 aliphatic carbocycles. The van der Waals surface area contributed by atoms with Gasteiger partial charge in [-0.25, -0.2) is 4.79 Å². The molecule has 0 aromatic heterocycles. The van der Waals surface area contributed by atoms with Crippen LogP contribution in [-0.2, 0) is 6.54 Å². The predicted molar refractivity (Wildman–Crippen MR) is 62.4 cm³/mol. The van der Waals surface area contributed by atoms with Gasteiger partial charge < -0.3 is 15.2 Å². The monoisotopic (exact) mass is 243 g/mol. The normalized spacial score (nSPS) is 18.7. The van der Waals surface area contributed by atoms with E-state index in [1.165, 1.54) is 0 Å². The maximum absolute atomic E-state index is 10.8. The number of ether oxygens (including phenoxy) is 1. The number of hydrogen-bond acceptors (Lipinski definition) is 3. The molecule has 1 unspecified atom stereocenters. The van der Waals surface area contributed by atoms with Crippen molar-refractivity contribution in [2.75, 3.05) is 6.61 Å². The predicted octanol–water partition coefficient (Wildman–Crippen LogP) is 1.68. The summed E-state index contributed by atoms with van der Waals surface area (Å²) in [6.45, 7) is 3.32. The number of carboxylic acid groups (broad SMARTS) is 1. The second-order valence-corrected chi connectivity index (χ2v) is 3.72. The van der Waals surface area contributed by atoms with E-state index >= 15 is 0 Å². The fourth-order valence-electron chi connectivity index (χ4n) is 1.53. The summed E-state index contributed by atoms with van der Waals surface area (Å²) in [4.78, 5) is 10.8. The zero-order valence-electron chi connectivity index (χ0n) is 8.90. The Morgan fingerprint density at radius 1 is 1.56 bits per heavy atom. The first-order valence-corrected chi connectivity index (χ1v) is 4.89. The fourth-order valence-corrected chi connectivity index (χ4v) is 1.53. The molecule has 0 spiro atoms. The third-order valence-corrected chi connectivity index (χ3v) is 2.44. The Balaban J connectivity index is 0.00000128. The van der Waals surface area contributed by atoms with Crippen LogP contribution in [0.3, 0.4) is 0 Å². The zero-order chi connectivity index (χ0) is 10.8. The van der Waals surface area contributed by atoms with Gasteiger partial charge in [-0.15, -0.1) is 12.4 Å². The van der Waals surface area contributed by atoms with Crippen molar-refractivity contribution in [3.8, 4) is 5.75 Å². The summed E-state index contributed by atoms with van der Waals surface area (Å²) in [6, 6.07) is 5.26. The van der Waals surface area contributed by atoms with Crippen LogP contribution in [0.2, 0.25) is 0 Å². The maximum Gasteiger partial charge on any atom is 0.335 e. The molecule has 16 heavy (non-hydrogen) atoms. The number of rotatable bonds is 1. The lowest BCUT2D eigenvalue weighted by Gasteiger charge is -2.08. The lowest BCUT2D eigenvalue weighted by molar-refractivity contribution is 0.0696. The molecule has 1 aliphatic heterocycles. The van der Waals surface area contributed by atoms with E-state index in [1.807, 2.05) is 6.92 Å². The molecule has 1 atom stereocenters. The van der Waals surface area contributed by atoms with E-state index in [0.717, 1.165) is 12.1 Å². The molecule has 1 aromatic rings. The van der Waals surface area contributed by atoms with Gasteiger partial charge in [0, 0.05) is 18.2 Å². The smallest absolute Gasteiger partial charge is 0.335 e. The standard InChI is InChI=1S/C11H13NO3.ClH/c1-7-6-15-10-4-8(11(13)14)2-3-9(10)5-12-7;/h2-4,7,12H,5-6H2,1H3,(H,13,14);1H. The highest BCUT2D eigenvalue weighted by Crippen LogP contribution is 2.22. The number of hydrogen-bond donors (Lipinski definition) is 2. The van der Waals surface area contributed by atoms with Gasteiger partial charge in [0.25, 0.3) is 0 Å². The van der Waals surface area contributed by atoms with Gasteiger partial charge in [0.2, 0.25) is 0 Å². The van der Waals surface area contributed by atoms with Crippen LogP contribution in [-0.4, -0.2) is 23.7 Å². The first-order chi connectivity index (χ1) is 7.16. The summed E-state index contributed by atoms with van der Waals surface area (Å²) >= 11 is 0. The van der Waals surface area contributed by atoms with Gasteiger partial charge in [-0.2, -0.15) is 0 Å². The molecule has 1 heterocycles. The quantitative estimate of drug-likeness (QED) is 0.788. The Kier molecular flexibility index (Phi) is 4.15. The minimum absolute atomic E-state index is 0. The van der Waals surface area contributed by atoms with Crippen molar-refractivity contribution in [3.05, 3.63) is 29.3 Å². The first-order valence-electron chi connectivity index (χ1n) is 4.89. The van der Waals surface area contributed by atoms with E-state index in [9.17, 15) is 4.79 Å². The number of halogens is 1. The van der Waals surface area contributed by atoms with Crippen molar-refractivity contribution >= 4 is 18.4 Å². The molecule has 2 rings (SSSR count). The highest BCUT2D eigenvalue weighted by molar-refractivity contribution is 5.88. The molecule has 1 aliphatic rings. The number of fused-ring (bicyclic) bond motifs is 1. The molecule has 0 saturated heterocycles. The van der Waals surface area contributed by atoms with E-state index in [2.05, 4.69) is 5.32 Å². The Bertz CT molecular complexity index is 395. The van der Waals surface area contributed by atoms with Crippen molar-refractivity contribution in [2.45, 2.75) is 19.5 Å². The number of aromatic carboxylic acids is 1. The summed E-state index contributed by atoms with van der Waals surface area (Å²) in [7, 11) is 0. The molecule has 0 radical (unpaired) electrons. The van der Waals surface area contributed by atoms with Crippen LogP contribution >= 0.6 is 12.4 Å². The second-order valence-electron chi connectivity index (χ2n) is 3.72. The van der Waals surface area contributed by atoms with Gasteiger partial charge >= 0.3 is 5.97 Å². The summed E-state index contributed by atoms with van der Waals surface area (Å²) < 4.78 is 5.53. The summed E-state index contributed by atoms with van der Waals surface area (Å²) in [5, 5.41) is 12.1. The van der Waals surface area contributed by atoms with Gasteiger partial charge in [-0.3, -0.25) is 0 Å². The van der Waals surface area contributed by atoms with Crippen molar-refractivity contribution in [1.82, 2.24) is 5.32 Å². The van der Waals surface area contributed by atoms with E-state index < -0.39 is 5.97 Å². The third-order valence-electron chi connectivity index (χ3n) is 2.44. The average molecular weight is 244 g/mol.